The molecule has 0 saturated heterocycles. The van der Waals surface area contributed by atoms with Crippen LogP contribution in [-0.2, 0) is 14.3 Å². The summed E-state index contributed by atoms with van der Waals surface area (Å²) in [5.41, 5.74) is 2.29. The van der Waals surface area contributed by atoms with E-state index >= 15 is 0 Å². The maximum Gasteiger partial charge on any atom is 0.337 e. The molecule has 1 aliphatic rings. The molecule has 37 heavy (non-hydrogen) atoms. The maximum atomic E-state index is 13.2. The van der Waals surface area contributed by atoms with Crippen LogP contribution in [0.15, 0.2) is 93.6 Å². The van der Waals surface area contributed by atoms with Crippen LogP contribution in [0.1, 0.15) is 24.2 Å². The number of amides is 1. The van der Waals surface area contributed by atoms with Crippen molar-refractivity contribution in [1.29, 1.82) is 5.26 Å². The van der Waals surface area contributed by atoms with E-state index in [1.165, 1.54) is 13.4 Å². The van der Waals surface area contributed by atoms with Gasteiger partial charge in [0.25, 0.3) is 0 Å². The van der Waals surface area contributed by atoms with Gasteiger partial charge in [-0.05, 0) is 36.8 Å². The summed E-state index contributed by atoms with van der Waals surface area (Å²) in [6.45, 7) is 1.90. The van der Waals surface area contributed by atoms with Gasteiger partial charge < -0.3 is 24.5 Å². The number of para-hydroxylation sites is 2. The number of furan rings is 1. The van der Waals surface area contributed by atoms with Crippen LogP contribution in [-0.4, -0.2) is 31.3 Å². The molecule has 0 unspecified atom stereocenters. The topological polar surface area (TPSA) is 114 Å². The zero-order chi connectivity index (χ0) is 26.2. The first-order valence-corrected chi connectivity index (χ1v) is 12.5. The van der Waals surface area contributed by atoms with Gasteiger partial charge in [0.05, 0.1) is 65.3 Å². The minimum absolute atomic E-state index is 0.00719. The van der Waals surface area contributed by atoms with Gasteiger partial charge in [-0.3, -0.25) is 4.79 Å². The van der Waals surface area contributed by atoms with Gasteiger partial charge in [-0.1, -0.05) is 54.2 Å². The van der Waals surface area contributed by atoms with E-state index in [1.54, 1.807) is 37.3 Å². The van der Waals surface area contributed by atoms with E-state index in [2.05, 4.69) is 16.7 Å². The minimum atomic E-state index is -0.810. The standard InChI is InChI=1S/C28H25N3O5S/c1-3-35-28(33)25-24(22-14-9-15-36-22)19(16-29)27(31-26(25)18-10-5-4-6-11-18)37-17-23(32)30-20-12-7-8-13-21(20)34-2/h4-15,24,31H,3,17H2,1-2H3,(H,30,32)/t24-/m0/s1. The summed E-state index contributed by atoms with van der Waals surface area (Å²) >= 11 is 1.16. The highest BCUT2D eigenvalue weighted by Crippen LogP contribution is 2.43. The Kier molecular flexibility index (Phi) is 8.33. The number of allylic oxidation sites excluding steroid dienone is 1. The molecule has 0 aliphatic carbocycles. The molecule has 2 heterocycles. The second-order valence-electron chi connectivity index (χ2n) is 7.84. The van der Waals surface area contributed by atoms with Crippen molar-refractivity contribution in [2.45, 2.75) is 12.8 Å². The number of carbonyl (C=O) groups excluding carboxylic acids is 2. The van der Waals surface area contributed by atoms with Crippen LogP contribution in [0, 0.1) is 11.3 Å². The Bertz CT molecular complexity index is 1370. The van der Waals surface area contributed by atoms with Crippen LogP contribution in [0.5, 0.6) is 5.75 Å². The number of rotatable bonds is 9. The fourth-order valence-electron chi connectivity index (χ4n) is 3.97. The Morgan fingerprint density at radius 1 is 1.11 bits per heavy atom. The molecule has 188 valence electrons. The van der Waals surface area contributed by atoms with Crippen molar-refractivity contribution in [2.75, 3.05) is 24.8 Å². The van der Waals surface area contributed by atoms with Crippen LogP contribution >= 0.6 is 11.8 Å². The van der Waals surface area contributed by atoms with E-state index in [0.717, 1.165) is 17.3 Å². The summed E-state index contributed by atoms with van der Waals surface area (Å²) in [6, 6.07) is 22.0. The number of ether oxygens (including phenoxy) is 2. The third-order valence-electron chi connectivity index (χ3n) is 5.56. The number of hydrogen-bond acceptors (Lipinski definition) is 8. The van der Waals surface area contributed by atoms with Crippen molar-refractivity contribution < 1.29 is 23.5 Å². The lowest BCUT2D eigenvalue weighted by Crippen LogP contribution is -2.29. The Morgan fingerprint density at radius 2 is 1.86 bits per heavy atom. The molecule has 4 rings (SSSR count). The molecular weight excluding hydrogens is 490 g/mol. The first kappa shape index (κ1) is 25.7. The zero-order valence-corrected chi connectivity index (χ0v) is 21.1. The first-order chi connectivity index (χ1) is 18.1. The monoisotopic (exact) mass is 515 g/mol. The van der Waals surface area contributed by atoms with Crippen LogP contribution in [0.4, 0.5) is 5.69 Å². The van der Waals surface area contributed by atoms with Crippen LogP contribution in [0.3, 0.4) is 0 Å². The zero-order valence-electron chi connectivity index (χ0n) is 20.3. The third-order valence-corrected chi connectivity index (χ3v) is 6.58. The van der Waals surface area contributed by atoms with Crippen molar-refractivity contribution in [3.05, 3.63) is 100 Å². The van der Waals surface area contributed by atoms with E-state index in [1.807, 2.05) is 36.4 Å². The molecule has 1 amide bonds. The number of esters is 1. The summed E-state index contributed by atoms with van der Waals surface area (Å²) in [5, 5.41) is 16.7. The molecule has 0 radical (unpaired) electrons. The normalized spacial score (nSPS) is 15.0. The minimum Gasteiger partial charge on any atom is -0.495 e. The summed E-state index contributed by atoms with van der Waals surface area (Å²) in [6.07, 6.45) is 1.49. The van der Waals surface area contributed by atoms with E-state index in [4.69, 9.17) is 13.9 Å². The van der Waals surface area contributed by atoms with Gasteiger partial charge in [-0.25, -0.2) is 4.79 Å². The molecule has 1 aromatic heterocycles. The average Bonchev–Trinajstić information content (AvgIpc) is 3.46. The number of methoxy groups -OCH3 is 1. The molecule has 1 atom stereocenters. The highest BCUT2D eigenvalue weighted by atomic mass is 32.2. The van der Waals surface area contributed by atoms with Gasteiger partial charge in [0.1, 0.15) is 11.5 Å². The number of dihydropyridines is 1. The number of nitrogens with one attached hydrogen (secondary N) is 2. The van der Waals surface area contributed by atoms with Gasteiger partial charge in [-0.15, -0.1) is 0 Å². The predicted molar refractivity (Wildman–Crippen MR) is 141 cm³/mol. The highest BCUT2D eigenvalue weighted by Gasteiger charge is 2.38. The number of thioether (sulfide) groups is 1. The quantitative estimate of drug-likeness (QED) is 0.380. The third kappa shape index (κ3) is 5.71. The van der Waals surface area contributed by atoms with Crippen molar-refractivity contribution in [3.63, 3.8) is 0 Å². The SMILES string of the molecule is CCOC(=O)C1=C(c2ccccc2)NC(SCC(=O)Nc2ccccc2OC)=C(C#N)[C@H]1c1ccco1. The molecule has 2 N–H and O–H groups in total. The lowest BCUT2D eigenvalue weighted by atomic mass is 9.84. The molecule has 0 saturated carbocycles. The van der Waals surface area contributed by atoms with Gasteiger partial charge >= 0.3 is 5.97 Å². The number of benzene rings is 2. The van der Waals surface area contributed by atoms with E-state index in [-0.39, 0.29) is 29.4 Å². The Morgan fingerprint density at radius 3 is 2.54 bits per heavy atom. The van der Waals surface area contributed by atoms with E-state index in [9.17, 15) is 14.9 Å². The molecule has 0 spiro atoms. The second kappa shape index (κ2) is 12.0. The number of nitrogens with zero attached hydrogens (tertiary/aromatic N) is 1. The molecule has 1 aliphatic heterocycles. The molecule has 2 aromatic carbocycles. The van der Waals surface area contributed by atoms with Crippen LogP contribution in [0.2, 0.25) is 0 Å². The van der Waals surface area contributed by atoms with Crippen molar-refractivity contribution in [2.24, 2.45) is 0 Å². The number of hydrogen-bond donors (Lipinski definition) is 2. The Labute approximate surface area is 218 Å². The maximum absolute atomic E-state index is 13.2. The van der Waals surface area contributed by atoms with Gasteiger partial charge in [0.2, 0.25) is 5.91 Å². The van der Waals surface area contributed by atoms with Gasteiger partial charge in [0, 0.05) is 0 Å². The highest BCUT2D eigenvalue weighted by molar-refractivity contribution is 8.03. The largest absolute Gasteiger partial charge is 0.495 e. The smallest absolute Gasteiger partial charge is 0.337 e. The molecule has 0 bridgehead atoms. The van der Waals surface area contributed by atoms with Gasteiger partial charge in [-0.2, -0.15) is 5.26 Å². The molecule has 9 heteroatoms. The molecular formula is C28H25N3O5S. The number of anilines is 1. The lowest BCUT2D eigenvalue weighted by molar-refractivity contribution is -0.138. The lowest BCUT2D eigenvalue weighted by Gasteiger charge is -2.29. The van der Waals surface area contributed by atoms with Crippen LogP contribution < -0.4 is 15.4 Å². The summed E-state index contributed by atoms with van der Waals surface area (Å²) in [7, 11) is 1.53. The predicted octanol–water partition coefficient (Wildman–Crippen LogP) is 5.06. The number of carbonyl (C=O) groups is 2. The second-order valence-corrected chi connectivity index (χ2v) is 8.83. The summed E-state index contributed by atoms with van der Waals surface area (Å²) in [5.74, 6) is -0.674. The van der Waals surface area contributed by atoms with Crippen molar-refractivity contribution in [3.8, 4) is 11.8 Å². The average molecular weight is 516 g/mol. The van der Waals surface area contributed by atoms with E-state index in [0.29, 0.717) is 27.9 Å². The molecule has 0 fully saturated rings. The molecule has 8 nitrogen and oxygen atoms in total. The van der Waals surface area contributed by atoms with Gasteiger partial charge in [0.15, 0.2) is 0 Å². The Balaban J connectivity index is 1.71. The van der Waals surface area contributed by atoms with Crippen molar-refractivity contribution >= 4 is 35.0 Å². The van der Waals surface area contributed by atoms with Crippen LogP contribution in [0.25, 0.3) is 5.70 Å². The molecule has 3 aromatic rings. The summed E-state index contributed by atoms with van der Waals surface area (Å²) < 4.78 is 16.4. The summed E-state index contributed by atoms with van der Waals surface area (Å²) in [4.78, 5) is 26.0. The number of nitriles is 1. The Hall–Kier alpha value is -4.42. The first-order valence-electron chi connectivity index (χ1n) is 11.5. The van der Waals surface area contributed by atoms with Crippen molar-refractivity contribution in [1.82, 2.24) is 5.32 Å². The van der Waals surface area contributed by atoms with E-state index < -0.39 is 11.9 Å². The fourth-order valence-corrected chi connectivity index (χ4v) is 4.81. The fraction of sp³-hybridized carbons (Fsp3) is 0.179.